The van der Waals surface area contributed by atoms with Gasteiger partial charge in [0, 0.05) is 29.4 Å². The van der Waals surface area contributed by atoms with Crippen molar-refractivity contribution in [3.63, 3.8) is 0 Å². The molecular formula is C15H17N. The lowest BCUT2D eigenvalue weighted by atomic mass is 10.1. The molecule has 1 heteroatoms. The summed E-state index contributed by atoms with van der Waals surface area (Å²) >= 11 is 0. The van der Waals surface area contributed by atoms with Crippen molar-refractivity contribution in [1.29, 1.82) is 0 Å². The number of hydrogen-bond acceptors (Lipinski definition) is 0. The van der Waals surface area contributed by atoms with Crippen molar-refractivity contribution < 1.29 is 0 Å². The fourth-order valence-electron chi connectivity index (χ4n) is 2.64. The molecule has 1 aromatic heterocycles. The first kappa shape index (κ1) is 9.71. The Morgan fingerprint density at radius 1 is 1.00 bits per heavy atom. The maximum Gasteiger partial charge on any atom is 0.0358 e. The van der Waals surface area contributed by atoms with E-state index in [1.165, 1.54) is 22.4 Å². The third-order valence-electron chi connectivity index (χ3n) is 3.38. The van der Waals surface area contributed by atoms with E-state index >= 15 is 0 Å². The smallest absolute Gasteiger partial charge is 0.0358 e. The van der Waals surface area contributed by atoms with E-state index in [2.05, 4.69) is 61.9 Å². The lowest BCUT2D eigenvalue weighted by Gasteiger charge is -2.24. The molecule has 0 N–H and O–H groups in total. The van der Waals surface area contributed by atoms with Crippen LogP contribution in [-0.4, -0.2) is 4.57 Å². The van der Waals surface area contributed by atoms with Crippen LogP contribution in [0.25, 0.3) is 11.1 Å². The summed E-state index contributed by atoms with van der Waals surface area (Å²) in [6.07, 6.45) is 3.30. The summed E-state index contributed by atoms with van der Waals surface area (Å²) in [6, 6.07) is 11.0. The molecule has 2 aromatic rings. The molecule has 3 rings (SSSR count). The summed E-state index contributed by atoms with van der Waals surface area (Å²) in [6.45, 7) is 6.78. The average Bonchev–Trinajstić information content (AvgIpc) is 2.73. The van der Waals surface area contributed by atoms with E-state index in [1.54, 1.807) is 0 Å². The SMILES string of the molecule is CC(C)(C)n1ccc2c1Cc1ccccc1-2. The topological polar surface area (TPSA) is 4.93 Å². The first-order valence-electron chi connectivity index (χ1n) is 5.86. The Bertz CT molecular complexity index is 541. The van der Waals surface area contributed by atoms with Crippen molar-refractivity contribution in [3.8, 4) is 11.1 Å². The number of fused-ring (bicyclic) bond motifs is 3. The Kier molecular flexibility index (Phi) is 1.82. The predicted molar refractivity (Wildman–Crippen MR) is 67.7 cm³/mol. The second-order valence-electron chi connectivity index (χ2n) is 5.55. The van der Waals surface area contributed by atoms with Gasteiger partial charge in [0.25, 0.3) is 0 Å². The Balaban J connectivity index is 2.19. The van der Waals surface area contributed by atoms with E-state index in [1.807, 2.05) is 0 Å². The van der Waals surface area contributed by atoms with Crippen LogP contribution in [0.15, 0.2) is 36.5 Å². The molecule has 1 aliphatic carbocycles. The molecule has 0 atom stereocenters. The summed E-state index contributed by atoms with van der Waals surface area (Å²) in [7, 11) is 0. The Morgan fingerprint density at radius 3 is 2.50 bits per heavy atom. The molecule has 0 saturated heterocycles. The number of rotatable bonds is 0. The highest BCUT2D eigenvalue weighted by Crippen LogP contribution is 2.38. The van der Waals surface area contributed by atoms with Crippen LogP contribution in [0.3, 0.4) is 0 Å². The largest absolute Gasteiger partial charge is 0.345 e. The van der Waals surface area contributed by atoms with Gasteiger partial charge < -0.3 is 4.57 Å². The molecule has 0 spiro atoms. The van der Waals surface area contributed by atoms with Gasteiger partial charge in [-0.3, -0.25) is 0 Å². The van der Waals surface area contributed by atoms with Crippen molar-refractivity contribution in [1.82, 2.24) is 4.57 Å². The fraction of sp³-hybridized carbons (Fsp3) is 0.333. The van der Waals surface area contributed by atoms with Gasteiger partial charge in [-0.15, -0.1) is 0 Å². The van der Waals surface area contributed by atoms with Crippen LogP contribution in [-0.2, 0) is 12.0 Å². The van der Waals surface area contributed by atoms with E-state index in [4.69, 9.17) is 0 Å². The Morgan fingerprint density at radius 2 is 1.75 bits per heavy atom. The van der Waals surface area contributed by atoms with Gasteiger partial charge in [-0.1, -0.05) is 24.3 Å². The fourth-order valence-corrected chi connectivity index (χ4v) is 2.64. The lowest BCUT2D eigenvalue weighted by Crippen LogP contribution is -2.22. The van der Waals surface area contributed by atoms with E-state index in [0.717, 1.165) is 6.42 Å². The van der Waals surface area contributed by atoms with Crippen molar-refractivity contribution in [2.45, 2.75) is 32.7 Å². The van der Waals surface area contributed by atoms with Crippen molar-refractivity contribution in [2.75, 3.05) is 0 Å². The number of hydrogen-bond donors (Lipinski definition) is 0. The molecule has 1 aliphatic rings. The first-order chi connectivity index (χ1) is 7.57. The molecule has 1 heterocycles. The molecule has 0 unspecified atom stereocenters. The molecule has 0 bridgehead atoms. The van der Waals surface area contributed by atoms with Crippen LogP contribution in [0.1, 0.15) is 32.0 Å². The zero-order valence-electron chi connectivity index (χ0n) is 10.1. The monoisotopic (exact) mass is 211 g/mol. The van der Waals surface area contributed by atoms with Crippen LogP contribution in [0, 0.1) is 0 Å². The molecule has 0 radical (unpaired) electrons. The molecule has 16 heavy (non-hydrogen) atoms. The highest BCUT2D eigenvalue weighted by molar-refractivity contribution is 5.75. The molecule has 1 aromatic carbocycles. The van der Waals surface area contributed by atoms with Crippen LogP contribution in [0.5, 0.6) is 0 Å². The second-order valence-corrected chi connectivity index (χ2v) is 5.55. The van der Waals surface area contributed by atoms with E-state index < -0.39 is 0 Å². The predicted octanol–water partition coefficient (Wildman–Crippen LogP) is 3.81. The maximum atomic E-state index is 2.41. The van der Waals surface area contributed by atoms with Crippen LogP contribution in [0.2, 0.25) is 0 Å². The van der Waals surface area contributed by atoms with Crippen LogP contribution >= 0.6 is 0 Å². The maximum absolute atomic E-state index is 2.41. The Hall–Kier alpha value is -1.50. The normalized spacial score (nSPS) is 13.7. The molecule has 82 valence electrons. The van der Waals surface area contributed by atoms with Gasteiger partial charge in [0.1, 0.15) is 0 Å². The Labute approximate surface area is 96.7 Å². The van der Waals surface area contributed by atoms with Crippen LogP contribution < -0.4 is 0 Å². The van der Waals surface area contributed by atoms with Gasteiger partial charge in [0.05, 0.1) is 0 Å². The number of aromatic nitrogens is 1. The standard InChI is InChI=1S/C15H17N/c1-15(2,3)16-9-8-13-12-7-5-4-6-11(12)10-14(13)16/h4-9H,10H2,1-3H3. The van der Waals surface area contributed by atoms with E-state index in [-0.39, 0.29) is 5.54 Å². The second kappa shape index (κ2) is 3.00. The van der Waals surface area contributed by atoms with Gasteiger partial charge in [0.15, 0.2) is 0 Å². The summed E-state index contributed by atoms with van der Waals surface area (Å²) in [5.74, 6) is 0. The summed E-state index contributed by atoms with van der Waals surface area (Å²) in [5.41, 5.74) is 5.95. The number of benzene rings is 1. The minimum Gasteiger partial charge on any atom is -0.345 e. The quantitative estimate of drug-likeness (QED) is 0.533. The molecular weight excluding hydrogens is 194 g/mol. The van der Waals surface area contributed by atoms with E-state index in [9.17, 15) is 0 Å². The average molecular weight is 211 g/mol. The minimum atomic E-state index is 0.176. The van der Waals surface area contributed by atoms with Crippen molar-refractivity contribution in [3.05, 3.63) is 47.8 Å². The van der Waals surface area contributed by atoms with Crippen LogP contribution in [0.4, 0.5) is 0 Å². The highest BCUT2D eigenvalue weighted by atomic mass is 15.0. The van der Waals surface area contributed by atoms with Gasteiger partial charge >= 0.3 is 0 Å². The van der Waals surface area contributed by atoms with Crippen molar-refractivity contribution in [2.24, 2.45) is 0 Å². The molecule has 0 saturated carbocycles. The summed E-state index contributed by atoms with van der Waals surface area (Å²) < 4.78 is 2.41. The zero-order valence-corrected chi connectivity index (χ0v) is 10.1. The molecule has 1 nitrogen and oxygen atoms in total. The molecule has 0 amide bonds. The van der Waals surface area contributed by atoms with Crippen molar-refractivity contribution >= 4 is 0 Å². The van der Waals surface area contributed by atoms with Gasteiger partial charge in [0.2, 0.25) is 0 Å². The third kappa shape index (κ3) is 1.24. The van der Waals surface area contributed by atoms with Gasteiger partial charge in [-0.05, 0) is 38.0 Å². The third-order valence-corrected chi connectivity index (χ3v) is 3.38. The molecule has 0 fully saturated rings. The van der Waals surface area contributed by atoms with Gasteiger partial charge in [-0.2, -0.15) is 0 Å². The summed E-state index contributed by atoms with van der Waals surface area (Å²) in [5, 5.41) is 0. The van der Waals surface area contributed by atoms with Gasteiger partial charge in [-0.25, -0.2) is 0 Å². The summed E-state index contributed by atoms with van der Waals surface area (Å²) in [4.78, 5) is 0. The first-order valence-corrected chi connectivity index (χ1v) is 5.86. The number of nitrogens with zero attached hydrogens (tertiary/aromatic N) is 1. The zero-order chi connectivity index (χ0) is 11.3. The highest BCUT2D eigenvalue weighted by Gasteiger charge is 2.25. The minimum absolute atomic E-state index is 0.176. The molecule has 0 aliphatic heterocycles. The lowest BCUT2D eigenvalue weighted by molar-refractivity contribution is 0.389. The van der Waals surface area contributed by atoms with E-state index in [0.29, 0.717) is 0 Å².